The van der Waals surface area contributed by atoms with Crippen LogP contribution in [0, 0.1) is 5.92 Å². The van der Waals surface area contributed by atoms with Gasteiger partial charge in [-0.25, -0.2) is 0 Å². The van der Waals surface area contributed by atoms with Crippen molar-refractivity contribution in [3.8, 4) is 0 Å². The van der Waals surface area contributed by atoms with Gasteiger partial charge in [-0.15, -0.1) is 0 Å². The van der Waals surface area contributed by atoms with Crippen molar-refractivity contribution in [2.75, 3.05) is 33.7 Å². The lowest BCUT2D eigenvalue weighted by molar-refractivity contribution is -0.143. The van der Waals surface area contributed by atoms with Gasteiger partial charge in [-0.05, 0) is 32.1 Å². The topological polar surface area (TPSA) is 81.2 Å². The van der Waals surface area contributed by atoms with Gasteiger partial charge in [0, 0.05) is 39.6 Å². The molecular weight excluding hydrogens is 342 g/mol. The van der Waals surface area contributed by atoms with Crippen molar-refractivity contribution < 1.29 is 18.3 Å². The molecule has 25 heavy (non-hydrogen) atoms. The first-order chi connectivity index (χ1) is 11.8. The Morgan fingerprint density at radius 3 is 2.24 bits per heavy atom. The molecule has 1 amide bonds. The highest BCUT2D eigenvalue weighted by Gasteiger charge is 2.37. The van der Waals surface area contributed by atoms with E-state index in [4.69, 9.17) is 0 Å². The minimum atomic E-state index is -3.41. The zero-order valence-corrected chi connectivity index (χ0v) is 16.5. The molecule has 1 aliphatic heterocycles. The zero-order valence-electron chi connectivity index (χ0n) is 15.7. The molecule has 0 aromatic carbocycles. The molecule has 0 unspecified atom stereocenters. The van der Waals surface area contributed by atoms with Gasteiger partial charge in [-0.1, -0.05) is 19.8 Å². The zero-order chi connectivity index (χ0) is 18.6. The second kappa shape index (κ2) is 8.79. The molecule has 1 heterocycles. The van der Waals surface area contributed by atoms with Crippen LogP contribution in [0.25, 0.3) is 0 Å². The third-order valence-corrected chi connectivity index (χ3v) is 7.37. The summed E-state index contributed by atoms with van der Waals surface area (Å²) in [6, 6.07) is -0.0789. The van der Waals surface area contributed by atoms with Gasteiger partial charge in [0.1, 0.15) is 0 Å². The molecule has 1 aliphatic carbocycles. The van der Waals surface area contributed by atoms with Crippen molar-refractivity contribution in [2.24, 2.45) is 5.92 Å². The van der Waals surface area contributed by atoms with Crippen molar-refractivity contribution in [1.82, 2.24) is 13.5 Å². The summed E-state index contributed by atoms with van der Waals surface area (Å²) in [6.45, 7) is 3.47. The SMILES string of the molecule is CCCN(C(=O)C1CCN(S(=O)(=O)N(C)C)CC1)[C@H]1CCCC[C@H]1O. The highest BCUT2D eigenvalue weighted by Crippen LogP contribution is 2.28. The van der Waals surface area contributed by atoms with Gasteiger partial charge in [0.2, 0.25) is 5.91 Å². The number of carbonyl (C=O) groups excluding carboxylic acids is 1. The summed E-state index contributed by atoms with van der Waals surface area (Å²) in [4.78, 5) is 14.9. The molecule has 0 aromatic rings. The number of rotatable bonds is 6. The predicted octanol–water partition coefficient (Wildman–Crippen LogP) is 1.05. The highest BCUT2D eigenvalue weighted by molar-refractivity contribution is 7.86. The lowest BCUT2D eigenvalue weighted by atomic mass is 9.89. The van der Waals surface area contributed by atoms with Gasteiger partial charge < -0.3 is 10.0 Å². The molecule has 2 rings (SSSR count). The van der Waals surface area contributed by atoms with Crippen LogP contribution in [0.5, 0.6) is 0 Å². The van der Waals surface area contributed by atoms with Crippen molar-refractivity contribution in [1.29, 1.82) is 0 Å². The maximum Gasteiger partial charge on any atom is 0.281 e. The fourth-order valence-electron chi connectivity index (χ4n) is 3.93. The van der Waals surface area contributed by atoms with E-state index in [1.807, 2.05) is 11.8 Å². The number of piperidine rings is 1. The van der Waals surface area contributed by atoms with E-state index in [-0.39, 0.29) is 17.9 Å². The van der Waals surface area contributed by atoms with Crippen LogP contribution in [0.4, 0.5) is 0 Å². The van der Waals surface area contributed by atoms with E-state index in [0.717, 1.165) is 32.1 Å². The number of hydrogen-bond acceptors (Lipinski definition) is 4. The number of carbonyl (C=O) groups is 1. The Kier molecular flexibility index (Phi) is 7.25. The molecule has 2 aliphatic rings. The monoisotopic (exact) mass is 375 g/mol. The maximum atomic E-state index is 13.1. The fraction of sp³-hybridized carbons (Fsp3) is 0.941. The quantitative estimate of drug-likeness (QED) is 0.752. The first-order valence-electron chi connectivity index (χ1n) is 9.45. The molecule has 0 spiro atoms. The lowest BCUT2D eigenvalue weighted by Gasteiger charge is -2.41. The fourth-order valence-corrected chi connectivity index (χ4v) is 5.07. The number of nitrogens with zero attached hydrogens (tertiary/aromatic N) is 3. The Hall–Kier alpha value is -0.700. The molecule has 7 nitrogen and oxygen atoms in total. The van der Waals surface area contributed by atoms with Crippen LogP contribution in [0.2, 0.25) is 0 Å². The summed E-state index contributed by atoms with van der Waals surface area (Å²) in [5, 5.41) is 10.3. The van der Waals surface area contributed by atoms with Gasteiger partial charge in [0.25, 0.3) is 10.2 Å². The predicted molar refractivity (Wildman–Crippen MR) is 97.2 cm³/mol. The number of aliphatic hydroxyl groups is 1. The molecule has 2 fully saturated rings. The summed E-state index contributed by atoms with van der Waals surface area (Å²) in [5.41, 5.74) is 0. The van der Waals surface area contributed by atoms with Crippen LogP contribution >= 0.6 is 0 Å². The molecule has 146 valence electrons. The van der Waals surface area contributed by atoms with Crippen LogP contribution in [0.1, 0.15) is 51.9 Å². The Morgan fingerprint density at radius 2 is 1.72 bits per heavy atom. The van der Waals surface area contributed by atoms with Crippen molar-refractivity contribution in [3.05, 3.63) is 0 Å². The van der Waals surface area contributed by atoms with E-state index in [9.17, 15) is 18.3 Å². The average Bonchev–Trinajstić information content (AvgIpc) is 2.60. The molecule has 1 saturated heterocycles. The minimum absolute atomic E-state index is 0.0789. The van der Waals surface area contributed by atoms with Crippen molar-refractivity contribution in [3.63, 3.8) is 0 Å². The standard InChI is InChI=1S/C17H33N3O4S/c1-4-11-20(15-7-5-6-8-16(15)21)17(22)14-9-12-19(13-10-14)25(23,24)18(2)3/h14-16,21H,4-13H2,1-3H3/t15-,16+/m0/s1. The van der Waals surface area contributed by atoms with Gasteiger partial charge >= 0.3 is 0 Å². The molecule has 8 heteroatoms. The van der Waals surface area contributed by atoms with Crippen LogP contribution in [0.15, 0.2) is 0 Å². The first kappa shape index (κ1) is 20.6. The molecule has 2 atom stereocenters. The molecule has 1 N–H and O–H groups in total. The van der Waals surface area contributed by atoms with Crippen LogP contribution in [-0.2, 0) is 15.0 Å². The maximum absolute atomic E-state index is 13.1. The summed E-state index contributed by atoms with van der Waals surface area (Å²) >= 11 is 0. The number of amides is 1. The summed E-state index contributed by atoms with van der Waals surface area (Å²) < 4.78 is 27.1. The van der Waals surface area contributed by atoms with E-state index in [1.165, 1.54) is 22.7 Å². The normalized spacial score (nSPS) is 26.8. The number of aliphatic hydroxyl groups excluding tert-OH is 1. The smallest absolute Gasteiger partial charge is 0.281 e. The van der Waals surface area contributed by atoms with E-state index in [0.29, 0.717) is 32.5 Å². The summed E-state index contributed by atoms with van der Waals surface area (Å²) in [5.74, 6) is -0.0519. The Morgan fingerprint density at radius 1 is 1.12 bits per heavy atom. The van der Waals surface area contributed by atoms with E-state index in [2.05, 4.69) is 0 Å². The second-order valence-electron chi connectivity index (χ2n) is 7.41. The van der Waals surface area contributed by atoms with E-state index >= 15 is 0 Å². The van der Waals surface area contributed by atoms with Gasteiger partial charge in [-0.3, -0.25) is 4.79 Å². The van der Waals surface area contributed by atoms with Crippen LogP contribution in [-0.4, -0.2) is 78.8 Å². The summed E-state index contributed by atoms with van der Waals surface area (Å²) in [6.07, 6.45) is 5.23. The third-order valence-electron chi connectivity index (χ3n) is 5.43. The minimum Gasteiger partial charge on any atom is -0.391 e. The van der Waals surface area contributed by atoms with Crippen molar-refractivity contribution in [2.45, 2.75) is 64.0 Å². The first-order valence-corrected chi connectivity index (χ1v) is 10.8. The molecular formula is C17H33N3O4S. The van der Waals surface area contributed by atoms with Crippen LogP contribution in [0.3, 0.4) is 0 Å². The molecule has 1 saturated carbocycles. The third kappa shape index (κ3) is 4.72. The van der Waals surface area contributed by atoms with Gasteiger partial charge in [0.15, 0.2) is 0 Å². The highest BCUT2D eigenvalue weighted by atomic mass is 32.2. The average molecular weight is 376 g/mol. The van der Waals surface area contributed by atoms with Gasteiger partial charge in [0.05, 0.1) is 12.1 Å². The molecule has 0 radical (unpaired) electrons. The second-order valence-corrected chi connectivity index (χ2v) is 9.56. The van der Waals surface area contributed by atoms with E-state index in [1.54, 1.807) is 0 Å². The molecule has 0 bridgehead atoms. The Balaban J connectivity index is 2.01. The Labute approximate surface area is 152 Å². The van der Waals surface area contributed by atoms with Gasteiger partial charge in [-0.2, -0.15) is 17.0 Å². The Bertz CT molecular complexity index is 544. The van der Waals surface area contributed by atoms with E-state index < -0.39 is 16.3 Å². The largest absolute Gasteiger partial charge is 0.391 e. The lowest BCUT2D eigenvalue weighted by Crippen LogP contribution is -2.53. The van der Waals surface area contributed by atoms with Crippen molar-refractivity contribution >= 4 is 16.1 Å². The summed E-state index contributed by atoms with van der Waals surface area (Å²) in [7, 11) is -0.351. The van der Waals surface area contributed by atoms with Crippen LogP contribution < -0.4 is 0 Å². The number of hydrogen-bond donors (Lipinski definition) is 1. The molecule has 0 aromatic heterocycles.